The number of hydrogen-bond acceptors (Lipinski definition) is 3. The predicted octanol–water partition coefficient (Wildman–Crippen LogP) is 2.34. The molecule has 0 atom stereocenters. The summed E-state index contributed by atoms with van der Waals surface area (Å²) in [4.78, 5) is 11.4. The van der Waals surface area contributed by atoms with Crippen LogP contribution < -0.4 is 10.4 Å². The van der Waals surface area contributed by atoms with Crippen molar-refractivity contribution in [3.8, 4) is 11.5 Å². The summed E-state index contributed by atoms with van der Waals surface area (Å²) in [6.07, 6.45) is 1.93. The number of para-hydroxylation sites is 1. The zero-order chi connectivity index (χ0) is 10.3. The van der Waals surface area contributed by atoms with Crippen molar-refractivity contribution in [2.24, 2.45) is 0 Å². The van der Waals surface area contributed by atoms with E-state index in [1.165, 1.54) is 6.26 Å². The van der Waals surface area contributed by atoms with E-state index in [-0.39, 0.29) is 5.63 Å². The van der Waals surface area contributed by atoms with E-state index in [0.29, 0.717) is 17.7 Å². The molecule has 3 rings (SSSR count). The van der Waals surface area contributed by atoms with Crippen LogP contribution in [0.25, 0.3) is 0 Å². The molecular weight excluding hydrogens is 192 g/mol. The number of hydrogen-bond donors (Lipinski definition) is 0. The van der Waals surface area contributed by atoms with Gasteiger partial charge >= 0.3 is 5.63 Å². The largest absolute Gasteiger partial charge is 0.456 e. The quantitative estimate of drug-likeness (QED) is 0.559. The molecule has 0 radical (unpaired) electrons. The first-order valence-corrected chi connectivity index (χ1v) is 4.71. The van der Waals surface area contributed by atoms with Gasteiger partial charge < -0.3 is 9.15 Å². The minimum atomic E-state index is -0.318. The van der Waals surface area contributed by atoms with Gasteiger partial charge in [-0.15, -0.1) is 0 Å². The molecule has 0 aliphatic carbocycles. The van der Waals surface area contributed by atoms with Crippen LogP contribution in [-0.2, 0) is 6.42 Å². The maximum absolute atomic E-state index is 11.4. The predicted molar refractivity (Wildman–Crippen MR) is 54.3 cm³/mol. The standard InChI is InChI=1S/C12H8O3/c13-12-9-7-8-3-1-2-4-10(8)15-11(9)5-6-14-12/h1-6H,7H2. The second-order valence-corrected chi connectivity index (χ2v) is 3.44. The van der Waals surface area contributed by atoms with Crippen molar-refractivity contribution in [2.45, 2.75) is 6.42 Å². The Morgan fingerprint density at radius 2 is 1.93 bits per heavy atom. The monoisotopic (exact) mass is 200 g/mol. The normalized spacial score (nSPS) is 12.5. The third-order valence-electron chi connectivity index (χ3n) is 2.50. The van der Waals surface area contributed by atoms with Crippen LogP contribution in [0.15, 0.2) is 45.8 Å². The highest BCUT2D eigenvalue weighted by Crippen LogP contribution is 2.33. The highest BCUT2D eigenvalue weighted by atomic mass is 16.5. The summed E-state index contributed by atoms with van der Waals surface area (Å²) in [6.45, 7) is 0. The third-order valence-corrected chi connectivity index (χ3v) is 2.50. The SMILES string of the molecule is O=c1occc2c1Cc1ccccc1O2. The van der Waals surface area contributed by atoms with E-state index in [9.17, 15) is 4.79 Å². The van der Waals surface area contributed by atoms with Crippen LogP contribution in [0.3, 0.4) is 0 Å². The van der Waals surface area contributed by atoms with Gasteiger partial charge in [-0.1, -0.05) is 18.2 Å². The Bertz CT molecular complexity index is 569. The lowest BCUT2D eigenvalue weighted by Gasteiger charge is -2.17. The first-order valence-electron chi connectivity index (χ1n) is 4.71. The van der Waals surface area contributed by atoms with Gasteiger partial charge in [-0.05, 0) is 11.6 Å². The van der Waals surface area contributed by atoms with E-state index < -0.39 is 0 Å². The fraction of sp³-hybridized carbons (Fsp3) is 0.0833. The molecule has 1 aliphatic rings. The molecule has 0 N–H and O–H groups in total. The molecular formula is C12H8O3. The first kappa shape index (κ1) is 8.29. The molecule has 0 bridgehead atoms. The van der Waals surface area contributed by atoms with Gasteiger partial charge in [0.05, 0.1) is 11.8 Å². The zero-order valence-corrected chi connectivity index (χ0v) is 7.90. The van der Waals surface area contributed by atoms with Gasteiger partial charge in [0.25, 0.3) is 0 Å². The van der Waals surface area contributed by atoms with Crippen LogP contribution in [-0.4, -0.2) is 0 Å². The summed E-state index contributed by atoms with van der Waals surface area (Å²) in [7, 11) is 0. The topological polar surface area (TPSA) is 39.4 Å². The molecule has 0 saturated heterocycles. The van der Waals surface area contributed by atoms with Crippen LogP contribution in [0, 0.1) is 0 Å². The maximum atomic E-state index is 11.4. The Labute approximate surface area is 85.9 Å². The lowest BCUT2D eigenvalue weighted by atomic mass is 10.0. The molecule has 0 unspecified atom stereocenters. The Hall–Kier alpha value is -2.03. The van der Waals surface area contributed by atoms with Crippen LogP contribution in [0.5, 0.6) is 11.5 Å². The summed E-state index contributed by atoms with van der Waals surface area (Å²) in [5.74, 6) is 1.42. The number of benzene rings is 1. The molecule has 0 saturated carbocycles. The Balaban J connectivity index is 2.19. The summed E-state index contributed by atoms with van der Waals surface area (Å²) in [6, 6.07) is 9.36. The average molecular weight is 200 g/mol. The second kappa shape index (κ2) is 2.98. The molecule has 2 aromatic rings. The van der Waals surface area contributed by atoms with Gasteiger partial charge in [0.1, 0.15) is 11.5 Å². The molecule has 74 valence electrons. The summed E-state index contributed by atoms with van der Waals surface area (Å²) in [5.41, 5.74) is 1.29. The van der Waals surface area contributed by atoms with Crippen molar-refractivity contribution in [3.63, 3.8) is 0 Å². The Kier molecular flexibility index (Phi) is 1.65. The van der Waals surface area contributed by atoms with Gasteiger partial charge in [-0.2, -0.15) is 0 Å². The molecule has 2 heterocycles. The van der Waals surface area contributed by atoms with Crippen molar-refractivity contribution >= 4 is 0 Å². The highest BCUT2D eigenvalue weighted by molar-refractivity contribution is 5.47. The maximum Gasteiger partial charge on any atom is 0.342 e. The molecule has 15 heavy (non-hydrogen) atoms. The van der Waals surface area contributed by atoms with E-state index in [4.69, 9.17) is 9.15 Å². The van der Waals surface area contributed by atoms with Crippen LogP contribution in [0.2, 0.25) is 0 Å². The van der Waals surface area contributed by atoms with Crippen LogP contribution >= 0.6 is 0 Å². The van der Waals surface area contributed by atoms with E-state index in [1.54, 1.807) is 6.07 Å². The summed E-state index contributed by atoms with van der Waals surface area (Å²) < 4.78 is 10.4. The van der Waals surface area contributed by atoms with Crippen LogP contribution in [0.1, 0.15) is 11.1 Å². The van der Waals surface area contributed by atoms with Crippen molar-refractivity contribution < 1.29 is 9.15 Å². The van der Waals surface area contributed by atoms with Crippen molar-refractivity contribution in [1.29, 1.82) is 0 Å². The van der Waals surface area contributed by atoms with Gasteiger partial charge in [0, 0.05) is 12.5 Å². The van der Waals surface area contributed by atoms with E-state index >= 15 is 0 Å². The van der Waals surface area contributed by atoms with Crippen molar-refractivity contribution in [2.75, 3.05) is 0 Å². The molecule has 0 spiro atoms. The molecule has 0 amide bonds. The van der Waals surface area contributed by atoms with Crippen molar-refractivity contribution in [1.82, 2.24) is 0 Å². The average Bonchev–Trinajstić information content (AvgIpc) is 2.27. The lowest BCUT2D eigenvalue weighted by Crippen LogP contribution is -2.13. The fourth-order valence-corrected chi connectivity index (χ4v) is 1.74. The third kappa shape index (κ3) is 1.24. The minimum Gasteiger partial charge on any atom is -0.456 e. The second-order valence-electron chi connectivity index (χ2n) is 3.44. The number of ether oxygens (including phenoxy) is 1. The fourth-order valence-electron chi connectivity index (χ4n) is 1.74. The first-order chi connectivity index (χ1) is 7.34. The smallest absolute Gasteiger partial charge is 0.342 e. The molecule has 3 nitrogen and oxygen atoms in total. The molecule has 1 aliphatic heterocycles. The van der Waals surface area contributed by atoms with Crippen LogP contribution in [0.4, 0.5) is 0 Å². The van der Waals surface area contributed by atoms with Gasteiger partial charge in [-0.25, -0.2) is 4.79 Å². The summed E-state index contributed by atoms with van der Waals surface area (Å²) in [5, 5.41) is 0. The zero-order valence-electron chi connectivity index (χ0n) is 7.90. The highest BCUT2D eigenvalue weighted by Gasteiger charge is 2.19. The molecule has 1 aromatic carbocycles. The Morgan fingerprint density at radius 3 is 2.87 bits per heavy atom. The lowest BCUT2D eigenvalue weighted by molar-refractivity contribution is 0.429. The van der Waals surface area contributed by atoms with Gasteiger partial charge in [0.15, 0.2) is 0 Å². The number of rotatable bonds is 0. The number of fused-ring (bicyclic) bond motifs is 2. The van der Waals surface area contributed by atoms with Crippen molar-refractivity contribution in [3.05, 3.63) is 58.1 Å². The van der Waals surface area contributed by atoms with Gasteiger partial charge in [-0.3, -0.25) is 0 Å². The summed E-state index contributed by atoms with van der Waals surface area (Å²) >= 11 is 0. The van der Waals surface area contributed by atoms with E-state index in [2.05, 4.69) is 0 Å². The molecule has 3 heteroatoms. The minimum absolute atomic E-state index is 0.318. The Morgan fingerprint density at radius 1 is 1.07 bits per heavy atom. The van der Waals surface area contributed by atoms with E-state index in [0.717, 1.165) is 11.3 Å². The van der Waals surface area contributed by atoms with E-state index in [1.807, 2.05) is 24.3 Å². The van der Waals surface area contributed by atoms with Gasteiger partial charge in [0.2, 0.25) is 0 Å². The molecule has 0 fully saturated rings. The molecule has 1 aromatic heterocycles.